The van der Waals surface area contributed by atoms with E-state index in [1.165, 1.54) is 32.1 Å². The maximum Gasteiger partial charge on any atom is 0.343 e. The monoisotopic (exact) mass is 565 g/mol. The average Bonchev–Trinajstić information content (AvgIpc) is 3.00. The average molecular weight is 566 g/mol. The molecule has 1 saturated carbocycles. The Balaban J connectivity index is 1.37. The lowest BCUT2D eigenvalue weighted by Crippen LogP contribution is -2.30. The van der Waals surface area contributed by atoms with Gasteiger partial charge in [0, 0.05) is 0 Å². The van der Waals surface area contributed by atoms with Gasteiger partial charge in [-0.1, -0.05) is 52.9 Å². The number of hydrogen-bond acceptors (Lipinski definition) is 7. The minimum absolute atomic E-state index is 0.0831. The minimum atomic E-state index is -0.539. The fourth-order valence-corrected chi connectivity index (χ4v) is 4.86. The summed E-state index contributed by atoms with van der Waals surface area (Å²) in [5.41, 5.74) is 0.734. The van der Waals surface area contributed by atoms with Crippen LogP contribution in [-0.4, -0.2) is 37.6 Å². The number of rotatable bonds is 16. The minimum Gasteiger partial charge on any atom is -0.462 e. The van der Waals surface area contributed by atoms with Crippen LogP contribution in [0.2, 0.25) is 0 Å². The van der Waals surface area contributed by atoms with Crippen LogP contribution in [0.15, 0.2) is 48.5 Å². The maximum absolute atomic E-state index is 12.7. The molecular formula is C34H47NO6. The van der Waals surface area contributed by atoms with E-state index in [1.807, 2.05) is 13.8 Å². The first-order chi connectivity index (χ1) is 19.9. The molecular weight excluding hydrogens is 518 g/mol. The summed E-state index contributed by atoms with van der Waals surface area (Å²) in [6, 6.07) is 12.7. The summed E-state index contributed by atoms with van der Waals surface area (Å²) in [5, 5.41) is 3.59. The van der Waals surface area contributed by atoms with Crippen molar-refractivity contribution < 1.29 is 28.6 Å². The van der Waals surface area contributed by atoms with Crippen molar-refractivity contribution in [2.75, 3.05) is 19.7 Å². The van der Waals surface area contributed by atoms with Crippen LogP contribution in [0.3, 0.4) is 0 Å². The van der Waals surface area contributed by atoms with Gasteiger partial charge in [0.2, 0.25) is 0 Å². The predicted molar refractivity (Wildman–Crippen MR) is 160 cm³/mol. The zero-order chi connectivity index (χ0) is 29.5. The lowest BCUT2D eigenvalue weighted by atomic mass is 9.82. The summed E-state index contributed by atoms with van der Waals surface area (Å²) in [6.07, 6.45) is 11.2. The van der Waals surface area contributed by atoms with Gasteiger partial charge in [-0.25, -0.2) is 9.59 Å². The Labute approximate surface area is 245 Å². The first-order valence-electron chi connectivity index (χ1n) is 15.4. The molecule has 1 N–H and O–H groups in total. The van der Waals surface area contributed by atoms with Crippen LogP contribution >= 0.6 is 0 Å². The van der Waals surface area contributed by atoms with Crippen molar-refractivity contribution in [3.05, 3.63) is 59.7 Å². The van der Waals surface area contributed by atoms with Gasteiger partial charge in [-0.2, -0.15) is 0 Å². The Morgan fingerprint density at radius 3 is 1.98 bits per heavy atom. The van der Waals surface area contributed by atoms with Gasteiger partial charge < -0.3 is 19.5 Å². The second-order valence-electron chi connectivity index (χ2n) is 11.3. The van der Waals surface area contributed by atoms with Crippen LogP contribution in [0, 0.1) is 17.8 Å². The van der Waals surface area contributed by atoms with E-state index in [0.29, 0.717) is 41.1 Å². The molecule has 0 aliphatic heterocycles. The summed E-state index contributed by atoms with van der Waals surface area (Å²) < 4.78 is 16.3. The van der Waals surface area contributed by atoms with E-state index in [0.717, 1.165) is 45.2 Å². The largest absolute Gasteiger partial charge is 0.462 e. The van der Waals surface area contributed by atoms with Crippen LogP contribution in [-0.2, 0) is 9.53 Å². The van der Waals surface area contributed by atoms with Crippen molar-refractivity contribution in [3.63, 3.8) is 0 Å². The molecule has 41 heavy (non-hydrogen) atoms. The number of ether oxygens (including phenoxy) is 3. The summed E-state index contributed by atoms with van der Waals surface area (Å²) in [5.74, 6) is 0.437. The van der Waals surface area contributed by atoms with Crippen molar-refractivity contribution in [3.8, 4) is 11.5 Å². The van der Waals surface area contributed by atoms with Crippen LogP contribution in [0.4, 0.5) is 0 Å². The molecule has 0 heterocycles. The molecule has 3 rings (SSSR count). The first-order valence-corrected chi connectivity index (χ1v) is 15.4. The zero-order valence-electron chi connectivity index (χ0n) is 25.0. The molecule has 7 nitrogen and oxygen atoms in total. The normalized spacial score (nSPS) is 17.4. The molecule has 1 atom stereocenters. The number of nitrogens with one attached hydrogen (secondary N) is 1. The van der Waals surface area contributed by atoms with Crippen LogP contribution in [0.25, 0.3) is 0 Å². The predicted octanol–water partition coefficient (Wildman–Crippen LogP) is 7.38. The molecule has 1 aliphatic carbocycles. The third-order valence-corrected chi connectivity index (χ3v) is 7.88. The molecule has 0 radical (unpaired) electrons. The van der Waals surface area contributed by atoms with E-state index in [2.05, 4.69) is 12.2 Å². The molecule has 2 aromatic rings. The number of esters is 3. The maximum atomic E-state index is 12.7. The summed E-state index contributed by atoms with van der Waals surface area (Å²) in [7, 11) is 0. The van der Waals surface area contributed by atoms with Gasteiger partial charge in [0.1, 0.15) is 11.5 Å². The van der Waals surface area contributed by atoms with Crippen molar-refractivity contribution in [2.24, 2.45) is 17.8 Å². The van der Waals surface area contributed by atoms with E-state index in [-0.39, 0.29) is 11.9 Å². The van der Waals surface area contributed by atoms with E-state index in [4.69, 9.17) is 14.2 Å². The fraction of sp³-hybridized carbons (Fsp3) is 0.559. The van der Waals surface area contributed by atoms with Crippen LogP contribution < -0.4 is 14.8 Å². The second-order valence-corrected chi connectivity index (χ2v) is 11.3. The Morgan fingerprint density at radius 2 is 1.37 bits per heavy atom. The Hall–Kier alpha value is -3.19. The van der Waals surface area contributed by atoms with E-state index >= 15 is 0 Å². The van der Waals surface area contributed by atoms with Gasteiger partial charge in [0.15, 0.2) is 0 Å². The third kappa shape index (κ3) is 11.3. The molecule has 1 aliphatic rings. The number of carbonyl (C=O) groups is 3. The molecule has 1 unspecified atom stereocenters. The number of unbranched alkanes of at least 4 members (excludes halogenated alkanes) is 4. The molecule has 0 aromatic heterocycles. The van der Waals surface area contributed by atoms with Gasteiger partial charge in [-0.3, -0.25) is 4.79 Å². The summed E-state index contributed by atoms with van der Waals surface area (Å²) in [4.78, 5) is 37.5. The fourth-order valence-electron chi connectivity index (χ4n) is 4.86. The quantitative estimate of drug-likeness (QED) is 0.129. The molecule has 0 amide bonds. The third-order valence-electron chi connectivity index (χ3n) is 7.88. The van der Waals surface area contributed by atoms with E-state index in [9.17, 15) is 14.4 Å². The smallest absolute Gasteiger partial charge is 0.343 e. The van der Waals surface area contributed by atoms with Crippen molar-refractivity contribution in [1.82, 2.24) is 5.32 Å². The van der Waals surface area contributed by atoms with Crippen LogP contribution in [0.5, 0.6) is 11.5 Å². The zero-order valence-corrected chi connectivity index (χ0v) is 25.0. The highest BCUT2D eigenvalue weighted by Gasteiger charge is 2.27. The SMILES string of the molecule is CCCCCCCNCC1CCC(C(=O)Oc2ccc(C(=O)Oc3ccc(C(=O)OCC(C)CC)cc3)cc2)CC1. The topological polar surface area (TPSA) is 90.9 Å². The van der Waals surface area contributed by atoms with E-state index < -0.39 is 11.9 Å². The standard InChI is InChI=1S/C34H47NO6/c1-4-6-7-8-9-22-35-23-26-10-12-28(13-11-26)33(37)40-31-20-16-29(17-21-31)34(38)41-30-18-14-27(15-19-30)32(36)39-24-25(3)5-2/h14-21,25-26,28,35H,4-13,22-24H2,1-3H3. The highest BCUT2D eigenvalue weighted by Crippen LogP contribution is 2.30. The number of hydrogen-bond donors (Lipinski definition) is 1. The van der Waals surface area contributed by atoms with Gasteiger partial charge in [-0.05, 0) is 106 Å². The summed E-state index contributed by atoms with van der Waals surface area (Å²) in [6.45, 7) is 8.78. The van der Waals surface area contributed by atoms with Gasteiger partial charge >= 0.3 is 17.9 Å². The first kappa shape index (κ1) is 32.3. The Bertz CT molecular complexity index is 1070. The molecule has 0 spiro atoms. The molecule has 224 valence electrons. The van der Waals surface area contributed by atoms with E-state index in [1.54, 1.807) is 48.5 Å². The van der Waals surface area contributed by atoms with Gasteiger partial charge in [0.25, 0.3) is 0 Å². The molecule has 2 aromatic carbocycles. The molecule has 1 fully saturated rings. The highest BCUT2D eigenvalue weighted by molar-refractivity contribution is 5.92. The van der Waals surface area contributed by atoms with Gasteiger partial charge in [0.05, 0.1) is 23.7 Å². The number of benzene rings is 2. The molecule has 0 bridgehead atoms. The van der Waals surface area contributed by atoms with Crippen molar-refractivity contribution in [2.45, 2.75) is 85.0 Å². The van der Waals surface area contributed by atoms with Gasteiger partial charge in [-0.15, -0.1) is 0 Å². The lowest BCUT2D eigenvalue weighted by molar-refractivity contribution is -0.140. The lowest BCUT2D eigenvalue weighted by Gasteiger charge is -2.27. The Kier molecular flexibility index (Phi) is 13.9. The van der Waals surface area contributed by atoms with Crippen LogP contribution in [0.1, 0.15) is 106 Å². The Morgan fingerprint density at radius 1 is 0.780 bits per heavy atom. The van der Waals surface area contributed by atoms with Crippen molar-refractivity contribution in [1.29, 1.82) is 0 Å². The number of carbonyl (C=O) groups excluding carboxylic acids is 3. The molecule has 0 saturated heterocycles. The van der Waals surface area contributed by atoms with Crippen molar-refractivity contribution >= 4 is 17.9 Å². The highest BCUT2D eigenvalue weighted by atomic mass is 16.5. The molecule has 7 heteroatoms. The second kappa shape index (κ2) is 17.6. The summed E-state index contributed by atoms with van der Waals surface area (Å²) >= 11 is 0.